The number of rotatable bonds is 6. The van der Waals surface area contributed by atoms with E-state index in [0.717, 1.165) is 28.3 Å². The molecule has 4 fully saturated rings. The lowest BCUT2D eigenvalue weighted by atomic mass is 9.48. The van der Waals surface area contributed by atoms with E-state index in [1.54, 1.807) is 18.2 Å². The van der Waals surface area contributed by atoms with Crippen LogP contribution >= 0.6 is 23.2 Å². The van der Waals surface area contributed by atoms with Crippen molar-refractivity contribution in [3.05, 3.63) is 58.1 Å². The minimum atomic E-state index is -3.68. The van der Waals surface area contributed by atoms with Crippen molar-refractivity contribution in [3.8, 4) is 0 Å². The molecule has 0 aromatic heterocycles. The molecule has 0 heterocycles. The van der Waals surface area contributed by atoms with Gasteiger partial charge in [0.1, 0.15) is 6.54 Å². The normalized spacial score (nSPS) is 28.0. The van der Waals surface area contributed by atoms with Gasteiger partial charge in [-0.2, -0.15) is 0 Å². The quantitative estimate of drug-likeness (QED) is 0.532. The molecular formula is C25H28Cl2N2O3S. The molecule has 1 N–H and O–H groups in total. The lowest BCUT2D eigenvalue weighted by Crippen LogP contribution is -2.48. The number of carbonyl (C=O) groups is 1. The first kappa shape index (κ1) is 23.0. The average Bonchev–Trinajstić information content (AvgIpc) is 2.73. The zero-order valence-corrected chi connectivity index (χ0v) is 20.9. The fraction of sp³-hybridized carbons (Fsp3) is 0.480. The van der Waals surface area contributed by atoms with Crippen molar-refractivity contribution in [3.63, 3.8) is 0 Å². The Bertz CT molecular complexity index is 1130. The Morgan fingerprint density at radius 2 is 1.48 bits per heavy atom. The number of halogens is 2. The van der Waals surface area contributed by atoms with Gasteiger partial charge in [-0.15, -0.1) is 0 Å². The molecule has 2 aromatic rings. The zero-order chi connectivity index (χ0) is 23.4. The summed E-state index contributed by atoms with van der Waals surface area (Å²) >= 11 is 12.3. The van der Waals surface area contributed by atoms with Crippen LogP contribution in [0.2, 0.25) is 10.0 Å². The number of anilines is 2. The van der Waals surface area contributed by atoms with Crippen molar-refractivity contribution in [1.82, 2.24) is 0 Å². The number of nitrogens with zero attached hydrogens (tertiary/aromatic N) is 1. The van der Waals surface area contributed by atoms with E-state index in [2.05, 4.69) is 17.4 Å². The summed E-state index contributed by atoms with van der Waals surface area (Å²) in [6, 6.07) is 12.7. The predicted octanol–water partition coefficient (Wildman–Crippen LogP) is 5.87. The molecule has 2 aromatic carbocycles. The molecule has 8 heteroatoms. The summed E-state index contributed by atoms with van der Waals surface area (Å²) < 4.78 is 26.2. The average molecular weight is 507 g/mol. The molecule has 0 unspecified atom stereocenters. The van der Waals surface area contributed by atoms with Crippen LogP contribution in [0.25, 0.3) is 0 Å². The second kappa shape index (κ2) is 8.47. The molecule has 4 bridgehead atoms. The Kier molecular flexibility index (Phi) is 5.91. The molecule has 0 radical (unpaired) electrons. The Hall–Kier alpha value is -1.76. The predicted molar refractivity (Wildman–Crippen MR) is 134 cm³/mol. The van der Waals surface area contributed by atoms with Crippen molar-refractivity contribution in [2.75, 3.05) is 22.4 Å². The largest absolute Gasteiger partial charge is 0.322 e. The van der Waals surface area contributed by atoms with Crippen molar-refractivity contribution in [1.29, 1.82) is 0 Å². The summed E-state index contributed by atoms with van der Waals surface area (Å²) in [5, 5.41) is 3.23. The van der Waals surface area contributed by atoms with Crippen LogP contribution in [-0.2, 0) is 20.2 Å². The Balaban J connectivity index is 1.36. The first-order chi connectivity index (χ1) is 15.6. The van der Waals surface area contributed by atoms with Gasteiger partial charge in [-0.1, -0.05) is 41.4 Å². The smallest absolute Gasteiger partial charge is 0.245 e. The van der Waals surface area contributed by atoms with Crippen LogP contribution in [0.3, 0.4) is 0 Å². The number of nitrogens with one attached hydrogen (secondary N) is 1. The summed E-state index contributed by atoms with van der Waals surface area (Å²) in [5.41, 5.74) is 2.30. The molecule has 0 aliphatic heterocycles. The highest BCUT2D eigenvalue weighted by atomic mass is 35.5. The van der Waals surface area contributed by atoms with Gasteiger partial charge < -0.3 is 5.32 Å². The topological polar surface area (TPSA) is 66.5 Å². The minimum Gasteiger partial charge on any atom is -0.322 e. The second-order valence-corrected chi connectivity index (χ2v) is 12.9. The van der Waals surface area contributed by atoms with E-state index in [1.807, 2.05) is 12.1 Å². The van der Waals surface area contributed by atoms with Gasteiger partial charge in [0.05, 0.1) is 27.7 Å². The van der Waals surface area contributed by atoms with Crippen LogP contribution in [0.1, 0.15) is 44.1 Å². The van der Waals surface area contributed by atoms with E-state index in [1.165, 1.54) is 44.1 Å². The van der Waals surface area contributed by atoms with Gasteiger partial charge in [-0.3, -0.25) is 9.10 Å². The van der Waals surface area contributed by atoms with E-state index in [9.17, 15) is 13.2 Å². The zero-order valence-electron chi connectivity index (χ0n) is 18.6. The minimum absolute atomic E-state index is 0.237. The number of hydrogen-bond donors (Lipinski definition) is 1. The number of para-hydroxylation sites is 1. The van der Waals surface area contributed by atoms with E-state index < -0.39 is 15.9 Å². The molecular weight excluding hydrogens is 479 g/mol. The summed E-state index contributed by atoms with van der Waals surface area (Å²) in [4.78, 5) is 12.7. The molecule has 0 saturated heterocycles. The monoisotopic (exact) mass is 506 g/mol. The van der Waals surface area contributed by atoms with Crippen LogP contribution in [0, 0.1) is 17.8 Å². The highest BCUT2D eigenvalue weighted by Crippen LogP contribution is 2.60. The summed E-state index contributed by atoms with van der Waals surface area (Å²) in [7, 11) is -3.68. The standard InChI is InChI=1S/C25H28Cl2N2O3S/c1-33(31,32)29(15-23(30)28-24-21(26)3-2-4-22(24)27)20-7-5-19(6-8-20)25-12-16-9-17(13-25)11-18(10-16)14-25/h2-8,16-18H,9-15H2,1H3,(H,28,30). The maximum Gasteiger partial charge on any atom is 0.245 e. The fourth-order valence-electron chi connectivity index (χ4n) is 6.77. The fourth-order valence-corrected chi connectivity index (χ4v) is 8.12. The maximum atomic E-state index is 12.7. The molecule has 1 amide bonds. The Labute approximate surface area is 205 Å². The third-order valence-electron chi connectivity index (χ3n) is 7.72. The molecule has 6 rings (SSSR count). The first-order valence-corrected chi connectivity index (χ1v) is 14.1. The van der Waals surface area contributed by atoms with Gasteiger partial charge in [-0.25, -0.2) is 8.42 Å². The highest BCUT2D eigenvalue weighted by molar-refractivity contribution is 7.92. The van der Waals surface area contributed by atoms with Crippen molar-refractivity contribution < 1.29 is 13.2 Å². The maximum absolute atomic E-state index is 12.7. The lowest BCUT2D eigenvalue weighted by Gasteiger charge is -2.57. The molecule has 33 heavy (non-hydrogen) atoms. The second-order valence-electron chi connectivity index (χ2n) is 10.2. The van der Waals surface area contributed by atoms with Crippen molar-refractivity contribution >= 4 is 50.5 Å². The van der Waals surface area contributed by atoms with Crippen LogP contribution in [-0.4, -0.2) is 27.1 Å². The van der Waals surface area contributed by atoms with Gasteiger partial charge in [0, 0.05) is 0 Å². The van der Waals surface area contributed by atoms with Crippen LogP contribution in [0.5, 0.6) is 0 Å². The van der Waals surface area contributed by atoms with Gasteiger partial charge in [0.25, 0.3) is 0 Å². The van der Waals surface area contributed by atoms with Crippen LogP contribution in [0.15, 0.2) is 42.5 Å². The summed E-state index contributed by atoms with van der Waals surface area (Å²) in [6.07, 6.45) is 8.98. The molecule has 0 spiro atoms. The SMILES string of the molecule is CS(=O)(=O)N(CC(=O)Nc1c(Cl)cccc1Cl)c1ccc(C23CC4CC(CC(C4)C2)C3)cc1. The Morgan fingerprint density at radius 3 is 1.97 bits per heavy atom. The first-order valence-electron chi connectivity index (χ1n) is 11.4. The molecule has 4 aliphatic carbocycles. The van der Waals surface area contributed by atoms with E-state index in [4.69, 9.17) is 23.2 Å². The number of benzene rings is 2. The molecule has 5 nitrogen and oxygen atoms in total. The molecule has 4 saturated carbocycles. The summed E-state index contributed by atoms with van der Waals surface area (Å²) in [6.45, 7) is -0.364. The number of amides is 1. The van der Waals surface area contributed by atoms with Gasteiger partial charge in [0.2, 0.25) is 15.9 Å². The van der Waals surface area contributed by atoms with Crippen LogP contribution in [0.4, 0.5) is 11.4 Å². The highest BCUT2D eigenvalue weighted by Gasteiger charge is 2.51. The van der Waals surface area contributed by atoms with E-state index in [-0.39, 0.29) is 17.6 Å². The van der Waals surface area contributed by atoms with Gasteiger partial charge in [-0.05, 0) is 91.5 Å². The van der Waals surface area contributed by atoms with Crippen LogP contribution < -0.4 is 9.62 Å². The molecule has 176 valence electrons. The summed E-state index contributed by atoms with van der Waals surface area (Å²) in [5.74, 6) is 2.00. The molecule has 4 aliphatic rings. The van der Waals surface area contributed by atoms with Gasteiger partial charge in [0.15, 0.2) is 0 Å². The Morgan fingerprint density at radius 1 is 0.970 bits per heavy atom. The number of carbonyl (C=O) groups excluding carboxylic acids is 1. The van der Waals surface area contributed by atoms with Crippen molar-refractivity contribution in [2.24, 2.45) is 17.8 Å². The third-order valence-corrected chi connectivity index (χ3v) is 9.49. The third kappa shape index (κ3) is 4.50. The number of hydrogen-bond acceptors (Lipinski definition) is 3. The van der Waals surface area contributed by atoms with E-state index >= 15 is 0 Å². The van der Waals surface area contributed by atoms with Gasteiger partial charge >= 0.3 is 0 Å². The van der Waals surface area contributed by atoms with E-state index in [0.29, 0.717) is 15.7 Å². The lowest BCUT2D eigenvalue weighted by molar-refractivity contribution is -0.114. The van der Waals surface area contributed by atoms with Crippen molar-refractivity contribution in [2.45, 2.75) is 43.9 Å². The molecule has 0 atom stereocenters. The number of sulfonamides is 1.